The van der Waals surface area contributed by atoms with Crippen molar-refractivity contribution in [2.24, 2.45) is 0 Å². The fraction of sp³-hybridized carbons (Fsp3) is 0.263. The predicted octanol–water partition coefficient (Wildman–Crippen LogP) is 2.81. The Balaban J connectivity index is 1.61. The largest absolute Gasteiger partial charge is 0.494 e. The van der Waals surface area contributed by atoms with Crippen molar-refractivity contribution in [3.8, 4) is 5.75 Å². The minimum atomic E-state index is -1.70. The van der Waals surface area contributed by atoms with Gasteiger partial charge in [-0.25, -0.2) is 13.2 Å². The molecule has 0 heterocycles. The highest BCUT2D eigenvalue weighted by atomic mass is 19.2. The van der Waals surface area contributed by atoms with Crippen LogP contribution in [0.1, 0.15) is 23.2 Å². The highest BCUT2D eigenvalue weighted by Crippen LogP contribution is 2.14. The van der Waals surface area contributed by atoms with Crippen LogP contribution in [0.2, 0.25) is 0 Å². The highest BCUT2D eigenvalue weighted by Gasteiger charge is 2.18. The monoisotopic (exact) mass is 380 g/mol. The summed E-state index contributed by atoms with van der Waals surface area (Å²) in [5.41, 5.74) is -0.599. The number of halogens is 3. The first kappa shape index (κ1) is 20.3. The summed E-state index contributed by atoms with van der Waals surface area (Å²) in [7, 11) is 0. The molecule has 0 aliphatic carbocycles. The molecule has 0 fully saturated rings. The van der Waals surface area contributed by atoms with Crippen LogP contribution in [0, 0.1) is 17.5 Å². The third-order valence-corrected chi connectivity index (χ3v) is 3.57. The first-order valence-electron chi connectivity index (χ1n) is 8.35. The molecule has 0 saturated carbocycles. The molecule has 0 aromatic heterocycles. The van der Waals surface area contributed by atoms with Gasteiger partial charge in [0.05, 0.1) is 12.2 Å². The van der Waals surface area contributed by atoms with E-state index < -0.39 is 28.9 Å². The molecule has 2 aromatic rings. The predicted molar refractivity (Wildman–Crippen MR) is 92.8 cm³/mol. The Morgan fingerprint density at radius 3 is 2.33 bits per heavy atom. The second-order valence-electron chi connectivity index (χ2n) is 5.59. The van der Waals surface area contributed by atoms with Gasteiger partial charge in [0.15, 0.2) is 17.5 Å². The topological polar surface area (TPSA) is 67.4 Å². The van der Waals surface area contributed by atoms with Gasteiger partial charge < -0.3 is 15.4 Å². The van der Waals surface area contributed by atoms with E-state index >= 15 is 0 Å². The van der Waals surface area contributed by atoms with Crippen molar-refractivity contribution in [2.45, 2.75) is 12.8 Å². The molecule has 2 rings (SSSR count). The number of carbonyl (C=O) groups excluding carboxylic acids is 2. The van der Waals surface area contributed by atoms with Crippen molar-refractivity contribution in [3.05, 3.63) is 65.5 Å². The van der Waals surface area contributed by atoms with E-state index in [0.29, 0.717) is 19.1 Å². The van der Waals surface area contributed by atoms with Crippen LogP contribution in [-0.4, -0.2) is 31.5 Å². The summed E-state index contributed by atoms with van der Waals surface area (Å²) in [5.74, 6) is -5.00. The third-order valence-electron chi connectivity index (χ3n) is 3.57. The number of rotatable bonds is 9. The fourth-order valence-electron chi connectivity index (χ4n) is 2.20. The Labute approximate surface area is 154 Å². The Morgan fingerprint density at radius 2 is 1.59 bits per heavy atom. The third kappa shape index (κ3) is 6.32. The number of ether oxygens (including phenoxy) is 1. The van der Waals surface area contributed by atoms with Gasteiger partial charge in [-0.1, -0.05) is 18.2 Å². The lowest BCUT2D eigenvalue weighted by Crippen LogP contribution is -2.35. The summed E-state index contributed by atoms with van der Waals surface area (Å²) in [4.78, 5) is 23.4. The van der Waals surface area contributed by atoms with E-state index in [9.17, 15) is 22.8 Å². The van der Waals surface area contributed by atoms with Crippen LogP contribution in [0.25, 0.3) is 0 Å². The maximum absolute atomic E-state index is 13.5. The number of amides is 2. The molecule has 0 atom stereocenters. The number of hydrogen-bond donors (Lipinski definition) is 2. The molecule has 144 valence electrons. The second kappa shape index (κ2) is 10.2. The quantitative estimate of drug-likeness (QED) is 0.519. The Bertz CT molecular complexity index is 785. The average molecular weight is 380 g/mol. The van der Waals surface area contributed by atoms with Gasteiger partial charge >= 0.3 is 0 Å². The van der Waals surface area contributed by atoms with Crippen LogP contribution >= 0.6 is 0 Å². The molecular formula is C19H19F3N2O3. The fourth-order valence-corrected chi connectivity index (χ4v) is 2.20. The van der Waals surface area contributed by atoms with E-state index in [1.807, 2.05) is 30.3 Å². The summed E-state index contributed by atoms with van der Waals surface area (Å²) in [6.45, 7) is 0.530. The van der Waals surface area contributed by atoms with E-state index in [0.717, 1.165) is 11.8 Å². The molecule has 0 unspecified atom stereocenters. The van der Waals surface area contributed by atoms with Crippen LogP contribution in [0.5, 0.6) is 5.75 Å². The molecular weight excluding hydrogens is 361 g/mol. The van der Waals surface area contributed by atoms with Crippen LogP contribution < -0.4 is 15.4 Å². The van der Waals surface area contributed by atoms with Crippen LogP contribution in [-0.2, 0) is 4.79 Å². The SMILES string of the molecule is O=C(CCCOc1ccccc1)NCCNC(=O)c1ccc(F)c(F)c1F. The molecule has 0 bridgehead atoms. The number of nitrogens with one attached hydrogen (secondary N) is 2. The second-order valence-corrected chi connectivity index (χ2v) is 5.59. The molecule has 0 aliphatic rings. The number of hydrogen-bond acceptors (Lipinski definition) is 3. The summed E-state index contributed by atoms with van der Waals surface area (Å²) in [6, 6.07) is 10.7. The normalized spacial score (nSPS) is 10.3. The van der Waals surface area contributed by atoms with E-state index in [-0.39, 0.29) is 25.4 Å². The summed E-state index contributed by atoms with van der Waals surface area (Å²) in [5, 5.41) is 4.91. The molecule has 5 nitrogen and oxygen atoms in total. The van der Waals surface area contributed by atoms with Crippen molar-refractivity contribution < 1.29 is 27.5 Å². The summed E-state index contributed by atoms with van der Waals surface area (Å²) >= 11 is 0. The number of para-hydroxylation sites is 1. The minimum absolute atomic E-state index is 0.0174. The van der Waals surface area contributed by atoms with Crippen molar-refractivity contribution in [1.29, 1.82) is 0 Å². The lowest BCUT2D eigenvalue weighted by molar-refractivity contribution is -0.121. The minimum Gasteiger partial charge on any atom is -0.494 e. The molecule has 0 spiro atoms. The van der Waals surface area contributed by atoms with Gasteiger partial charge in [-0.05, 0) is 30.7 Å². The van der Waals surface area contributed by atoms with E-state index in [1.54, 1.807) is 0 Å². The van der Waals surface area contributed by atoms with E-state index in [4.69, 9.17) is 4.74 Å². The smallest absolute Gasteiger partial charge is 0.254 e. The molecule has 2 N–H and O–H groups in total. The van der Waals surface area contributed by atoms with Gasteiger partial charge in [-0.3, -0.25) is 9.59 Å². The zero-order valence-corrected chi connectivity index (χ0v) is 14.4. The zero-order chi connectivity index (χ0) is 19.6. The van der Waals surface area contributed by atoms with Crippen molar-refractivity contribution >= 4 is 11.8 Å². The van der Waals surface area contributed by atoms with Crippen LogP contribution in [0.15, 0.2) is 42.5 Å². The standard InChI is InChI=1S/C19H19F3N2O3/c20-15-9-8-14(17(21)18(15)22)19(26)24-11-10-23-16(25)7-4-12-27-13-5-2-1-3-6-13/h1-3,5-6,8-9H,4,7,10-12H2,(H,23,25)(H,24,26). The van der Waals surface area contributed by atoms with Crippen LogP contribution in [0.4, 0.5) is 13.2 Å². The molecule has 0 radical (unpaired) electrons. The number of carbonyl (C=O) groups is 2. The zero-order valence-electron chi connectivity index (χ0n) is 14.4. The number of benzene rings is 2. The maximum Gasteiger partial charge on any atom is 0.254 e. The molecule has 8 heteroatoms. The van der Waals surface area contributed by atoms with Gasteiger partial charge in [0.25, 0.3) is 5.91 Å². The van der Waals surface area contributed by atoms with Crippen molar-refractivity contribution in [3.63, 3.8) is 0 Å². The van der Waals surface area contributed by atoms with Gasteiger partial charge in [0.2, 0.25) is 5.91 Å². The van der Waals surface area contributed by atoms with Gasteiger partial charge in [0.1, 0.15) is 5.75 Å². The molecule has 27 heavy (non-hydrogen) atoms. The van der Waals surface area contributed by atoms with E-state index in [2.05, 4.69) is 10.6 Å². The first-order valence-corrected chi connectivity index (χ1v) is 8.35. The van der Waals surface area contributed by atoms with Gasteiger partial charge in [0, 0.05) is 19.5 Å². The Morgan fingerprint density at radius 1 is 0.889 bits per heavy atom. The van der Waals surface area contributed by atoms with Crippen molar-refractivity contribution in [2.75, 3.05) is 19.7 Å². The highest BCUT2D eigenvalue weighted by molar-refractivity contribution is 5.94. The maximum atomic E-state index is 13.5. The van der Waals surface area contributed by atoms with Crippen molar-refractivity contribution in [1.82, 2.24) is 10.6 Å². The van der Waals surface area contributed by atoms with Gasteiger partial charge in [-0.15, -0.1) is 0 Å². The Hall–Kier alpha value is -3.03. The molecule has 2 amide bonds. The Kier molecular flexibility index (Phi) is 7.66. The summed E-state index contributed by atoms with van der Waals surface area (Å²) in [6.07, 6.45) is 0.770. The van der Waals surface area contributed by atoms with Gasteiger partial charge in [-0.2, -0.15) is 0 Å². The lowest BCUT2D eigenvalue weighted by Gasteiger charge is -2.09. The summed E-state index contributed by atoms with van der Waals surface area (Å²) < 4.78 is 44.9. The lowest BCUT2D eigenvalue weighted by atomic mass is 10.2. The van der Waals surface area contributed by atoms with Crippen LogP contribution in [0.3, 0.4) is 0 Å². The van der Waals surface area contributed by atoms with E-state index in [1.165, 1.54) is 0 Å². The molecule has 2 aromatic carbocycles. The molecule has 0 aliphatic heterocycles. The molecule has 0 saturated heterocycles. The first-order chi connectivity index (χ1) is 13.0. The average Bonchev–Trinajstić information content (AvgIpc) is 2.67.